The number of allylic oxidation sites excluding steroid dienone is 2. The van der Waals surface area contributed by atoms with Crippen LogP contribution >= 0.6 is 0 Å². The van der Waals surface area contributed by atoms with Gasteiger partial charge in [0.2, 0.25) is 0 Å². The van der Waals surface area contributed by atoms with Crippen molar-refractivity contribution < 1.29 is 14.6 Å². The molecule has 0 spiro atoms. The van der Waals surface area contributed by atoms with E-state index in [1.54, 1.807) is 12.2 Å². The van der Waals surface area contributed by atoms with Gasteiger partial charge in [0.15, 0.2) is 11.4 Å². The third-order valence-corrected chi connectivity index (χ3v) is 2.01. The zero-order valence-corrected chi connectivity index (χ0v) is 5.86. The second kappa shape index (κ2) is 2.03. The Balaban J connectivity index is 2.22. The molecule has 3 heteroatoms. The van der Waals surface area contributed by atoms with Crippen LogP contribution in [0.4, 0.5) is 0 Å². The average Bonchev–Trinajstić information content (AvgIpc) is 2.78. The third-order valence-electron chi connectivity index (χ3n) is 2.01. The number of aliphatic hydroxyl groups excluding tert-OH is 1. The van der Waals surface area contributed by atoms with Gasteiger partial charge < -0.3 is 9.84 Å². The van der Waals surface area contributed by atoms with E-state index in [-0.39, 0.29) is 11.9 Å². The van der Waals surface area contributed by atoms with E-state index in [1.165, 1.54) is 0 Å². The number of carbonyl (C=O) groups is 1. The normalized spacial score (nSPS) is 38.5. The van der Waals surface area contributed by atoms with E-state index in [9.17, 15) is 4.79 Å². The smallest absolute Gasteiger partial charge is 0.196 e. The molecule has 1 saturated heterocycles. The molecule has 0 aromatic heterocycles. The molecular formula is C8H8O3. The van der Waals surface area contributed by atoms with Gasteiger partial charge >= 0.3 is 0 Å². The predicted molar refractivity (Wildman–Crippen MR) is 38.0 cm³/mol. The summed E-state index contributed by atoms with van der Waals surface area (Å²) >= 11 is 0. The number of ketones is 1. The summed E-state index contributed by atoms with van der Waals surface area (Å²) in [5, 5.41) is 8.59. The number of hydrogen-bond donors (Lipinski definition) is 1. The van der Waals surface area contributed by atoms with E-state index in [0.717, 1.165) is 0 Å². The molecule has 1 heterocycles. The van der Waals surface area contributed by atoms with Crippen molar-refractivity contribution in [3.8, 4) is 0 Å². The highest BCUT2D eigenvalue weighted by atomic mass is 16.6. The summed E-state index contributed by atoms with van der Waals surface area (Å²) in [4.78, 5) is 11.1. The SMILES string of the molecule is O=C(CO)C12C=CC=CC1O2. The number of rotatable bonds is 2. The molecule has 1 fully saturated rings. The Morgan fingerprint density at radius 1 is 1.64 bits per heavy atom. The number of epoxide rings is 1. The Labute approximate surface area is 64.0 Å². The van der Waals surface area contributed by atoms with Gasteiger partial charge in [0.1, 0.15) is 12.7 Å². The molecule has 0 radical (unpaired) electrons. The highest BCUT2D eigenvalue weighted by Crippen LogP contribution is 2.41. The van der Waals surface area contributed by atoms with Crippen molar-refractivity contribution in [2.24, 2.45) is 0 Å². The van der Waals surface area contributed by atoms with Crippen molar-refractivity contribution in [3.05, 3.63) is 24.3 Å². The van der Waals surface area contributed by atoms with Gasteiger partial charge in [0.25, 0.3) is 0 Å². The first-order valence-corrected chi connectivity index (χ1v) is 3.47. The molecule has 58 valence electrons. The lowest BCUT2D eigenvalue weighted by Gasteiger charge is -2.03. The van der Waals surface area contributed by atoms with Crippen molar-refractivity contribution in [3.63, 3.8) is 0 Å². The van der Waals surface area contributed by atoms with Gasteiger partial charge in [-0.25, -0.2) is 0 Å². The minimum Gasteiger partial charge on any atom is -0.388 e. The number of aliphatic hydroxyl groups is 1. The van der Waals surface area contributed by atoms with Gasteiger partial charge in [-0.3, -0.25) is 4.79 Å². The number of hydrogen-bond acceptors (Lipinski definition) is 3. The first-order chi connectivity index (χ1) is 5.29. The molecule has 0 saturated carbocycles. The second-order valence-corrected chi connectivity index (χ2v) is 2.66. The van der Waals surface area contributed by atoms with Crippen molar-refractivity contribution >= 4 is 5.78 Å². The van der Waals surface area contributed by atoms with Crippen LogP contribution in [0, 0.1) is 0 Å². The highest BCUT2D eigenvalue weighted by Gasteiger charge is 2.59. The Morgan fingerprint density at radius 3 is 3.09 bits per heavy atom. The molecule has 2 atom stereocenters. The zero-order valence-electron chi connectivity index (χ0n) is 5.86. The van der Waals surface area contributed by atoms with Crippen LogP contribution in [0.3, 0.4) is 0 Å². The van der Waals surface area contributed by atoms with E-state index >= 15 is 0 Å². The molecule has 1 aliphatic carbocycles. The number of Topliss-reactive ketones (excluding diaryl/α,β-unsaturated/α-hetero) is 1. The minimum absolute atomic E-state index is 0.132. The lowest BCUT2D eigenvalue weighted by atomic mass is 9.96. The van der Waals surface area contributed by atoms with E-state index in [1.807, 2.05) is 12.2 Å². The fraction of sp³-hybridized carbons (Fsp3) is 0.375. The van der Waals surface area contributed by atoms with Crippen LogP contribution in [0.1, 0.15) is 0 Å². The predicted octanol–water partition coefficient (Wildman–Crippen LogP) is -0.189. The Morgan fingerprint density at radius 2 is 2.45 bits per heavy atom. The second-order valence-electron chi connectivity index (χ2n) is 2.66. The Bertz CT molecular complexity index is 254. The lowest BCUT2D eigenvalue weighted by molar-refractivity contribution is -0.125. The molecule has 0 aromatic rings. The maximum absolute atomic E-state index is 11.1. The summed E-state index contributed by atoms with van der Waals surface area (Å²) in [6.45, 7) is -0.450. The van der Waals surface area contributed by atoms with Crippen molar-refractivity contribution in [2.45, 2.75) is 11.7 Å². The van der Waals surface area contributed by atoms with Crippen molar-refractivity contribution in [2.75, 3.05) is 6.61 Å². The molecule has 2 rings (SSSR count). The van der Waals surface area contributed by atoms with Gasteiger partial charge in [-0.15, -0.1) is 0 Å². The molecule has 2 unspecified atom stereocenters. The summed E-state index contributed by atoms with van der Waals surface area (Å²) in [6, 6.07) is 0. The van der Waals surface area contributed by atoms with Crippen LogP contribution in [0.2, 0.25) is 0 Å². The molecule has 3 nitrogen and oxygen atoms in total. The van der Waals surface area contributed by atoms with Crippen LogP contribution in [0.15, 0.2) is 24.3 Å². The number of fused-ring (bicyclic) bond motifs is 1. The quantitative estimate of drug-likeness (QED) is 0.558. The van der Waals surface area contributed by atoms with Gasteiger partial charge in [0, 0.05) is 0 Å². The topological polar surface area (TPSA) is 49.8 Å². The average molecular weight is 152 g/mol. The molecule has 0 amide bonds. The minimum atomic E-state index is -0.802. The van der Waals surface area contributed by atoms with Crippen LogP contribution < -0.4 is 0 Å². The summed E-state index contributed by atoms with van der Waals surface area (Å²) in [6.07, 6.45) is 6.97. The molecule has 0 aromatic carbocycles. The molecule has 0 bridgehead atoms. The first-order valence-electron chi connectivity index (χ1n) is 3.47. The Hall–Kier alpha value is -0.930. The number of carbonyl (C=O) groups excluding carboxylic acids is 1. The lowest BCUT2D eigenvalue weighted by Crippen LogP contribution is -2.28. The molecule has 11 heavy (non-hydrogen) atoms. The van der Waals surface area contributed by atoms with E-state index in [2.05, 4.69) is 0 Å². The van der Waals surface area contributed by atoms with Gasteiger partial charge in [-0.05, 0) is 6.08 Å². The summed E-state index contributed by atoms with van der Waals surface area (Å²) in [5.41, 5.74) is -0.802. The third kappa shape index (κ3) is 0.783. The maximum Gasteiger partial charge on any atom is 0.196 e. The van der Waals surface area contributed by atoms with E-state index in [4.69, 9.17) is 9.84 Å². The van der Waals surface area contributed by atoms with Gasteiger partial charge in [-0.2, -0.15) is 0 Å². The fourth-order valence-electron chi connectivity index (χ4n) is 1.30. The van der Waals surface area contributed by atoms with Crippen molar-refractivity contribution in [1.29, 1.82) is 0 Å². The highest BCUT2D eigenvalue weighted by molar-refractivity contribution is 5.94. The Kier molecular flexibility index (Phi) is 1.25. The molecule has 2 aliphatic rings. The van der Waals surface area contributed by atoms with E-state index in [0.29, 0.717) is 0 Å². The maximum atomic E-state index is 11.1. The first kappa shape index (κ1) is 6.76. The number of ether oxygens (including phenoxy) is 1. The standard InChI is InChI=1S/C8H8O3/c9-5-6(10)8-4-2-1-3-7(8)11-8/h1-4,7,9H,5H2. The van der Waals surface area contributed by atoms with Crippen LogP contribution in [0.5, 0.6) is 0 Å². The zero-order chi connectivity index (χ0) is 7.90. The summed E-state index contributed by atoms with van der Waals surface area (Å²) in [5.74, 6) is -0.261. The van der Waals surface area contributed by atoms with E-state index < -0.39 is 12.2 Å². The monoisotopic (exact) mass is 152 g/mol. The van der Waals surface area contributed by atoms with Gasteiger partial charge in [0.05, 0.1) is 0 Å². The van der Waals surface area contributed by atoms with Crippen LogP contribution in [0.25, 0.3) is 0 Å². The van der Waals surface area contributed by atoms with Crippen LogP contribution in [-0.2, 0) is 9.53 Å². The van der Waals surface area contributed by atoms with Gasteiger partial charge in [-0.1, -0.05) is 18.2 Å². The van der Waals surface area contributed by atoms with Crippen molar-refractivity contribution in [1.82, 2.24) is 0 Å². The van der Waals surface area contributed by atoms with Crippen LogP contribution in [-0.4, -0.2) is 29.2 Å². The largest absolute Gasteiger partial charge is 0.388 e. The molecule has 1 N–H and O–H groups in total. The summed E-state index contributed by atoms with van der Waals surface area (Å²) in [7, 11) is 0. The molecule has 1 aliphatic heterocycles. The molecular weight excluding hydrogens is 144 g/mol. The fourth-order valence-corrected chi connectivity index (χ4v) is 1.30. The summed E-state index contributed by atoms with van der Waals surface area (Å²) < 4.78 is 5.13.